The Labute approximate surface area is 116 Å². The van der Waals surface area contributed by atoms with Gasteiger partial charge in [-0.15, -0.1) is 0 Å². The number of amides is 1. The molecule has 3 N–H and O–H groups in total. The van der Waals surface area contributed by atoms with Gasteiger partial charge in [-0.3, -0.25) is 9.00 Å². The topological polar surface area (TPSA) is 75.4 Å². The van der Waals surface area contributed by atoms with Gasteiger partial charge < -0.3 is 11.2 Å². The lowest BCUT2D eigenvalue weighted by atomic mass is 10.2. The molecule has 1 amide bonds. The highest BCUT2D eigenvalue weighted by Crippen LogP contribution is 2.22. The van der Waals surface area contributed by atoms with E-state index in [-0.39, 0.29) is 0 Å². The molecule has 0 saturated carbocycles. The zero-order chi connectivity index (χ0) is 13.1. The van der Waals surface area contributed by atoms with Crippen LogP contribution >= 0.6 is 15.9 Å². The molecule has 18 heavy (non-hydrogen) atoms. The Kier molecular flexibility index (Phi) is 4.36. The van der Waals surface area contributed by atoms with Gasteiger partial charge in [-0.25, -0.2) is 5.01 Å². The summed E-state index contributed by atoms with van der Waals surface area (Å²) in [5, 5.41) is 1.95. The highest BCUT2D eigenvalue weighted by atomic mass is 79.9. The zero-order valence-electron chi connectivity index (χ0n) is 9.69. The van der Waals surface area contributed by atoms with E-state index in [9.17, 15) is 9.00 Å². The molecule has 1 fully saturated rings. The van der Waals surface area contributed by atoms with Crippen LogP contribution in [0.3, 0.4) is 0 Å². The monoisotopic (exact) mass is 331 g/mol. The summed E-state index contributed by atoms with van der Waals surface area (Å²) in [7, 11) is -0.720. The van der Waals surface area contributed by atoms with Gasteiger partial charge in [0.2, 0.25) is 0 Å². The molecule has 98 valence electrons. The minimum atomic E-state index is -0.720. The lowest BCUT2D eigenvalue weighted by Gasteiger charge is -2.28. The van der Waals surface area contributed by atoms with Crippen LogP contribution in [0.1, 0.15) is 10.4 Å². The molecule has 7 heteroatoms. The number of hydrogen-bond acceptors (Lipinski definition) is 4. The summed E-state index contributed by atoms with van der Waals surface area (Å²) in [6.45, 7) is 1.38. The summed E-state index contributed by atoms with van der Waals surface area (Å²) in [5.41, 5.74) is 9.61. The second-order valence-corrected chi connectivity index (χ2v) is 6.61. The molecule has 0 aromatic heterocycles. The fourth-order valence-corrected chi connectivity index (χ4v) is 3.16. The molecular weight excluding hydrogens is 318 g/mol. The van der Waals surface area contributed by atoms with E-state index in [1.165, 1.54) is 0 Å². The number of anilines is 1. The molecule has 5 nitrogen and oxygen atoms in total. The summed E-state index contributed by atoms with van der Waals surface area (Å²) < 4.78 is 12.1. The van der Waals surface area contributed by atoms with Crippen molar-refractivity contribution in [3.05, 3.63) is 28.2 Å². The van der Waals surface area contributed by atoms with Gasteiger partial charge in [0.15, 0.2) is 0 Å². The summed E-state index contributed by atoms with van der Waals surface area (Å²) in [5.74, 6) is 0.824. The first kappa shape index (κ1) is 13.5. The maximum atomic E-state index is 11.3. The summed E-state index contributed by atoms with van der Waals surface area (Å²) in [4.78, 5) is 11.3. The van der Waals surface area contributed by atoms with Gasteiger partial charge in [0.25, 0.3) is 5.91 Å². The van der Waals surface area contributed by atoms with E-state index < -0.39 is 16.7 Å². The van der Waals surface area contributed by atoms with Crippen LogP contribution in [0, 0.1) is 0 Å². The van der Waals surface area contributed by atoms with Crippen LogP contribution in [0.25, 0.3) is 0 Å². The molecule has 1 saturated heterocycles. The third-order valence-corrected chi connectivity index (χ3v) is 4.47. The largest absolute Gasteiger partial charge is 0.366 e. The van der Waals surface area contributed by atoms with E-state index >= 15 is 0 Å². The van der Waals surface area contributed by atoms with Gasteiger partial charge >= 0.3 is 0 Å². The predicted molar refractivity (Wildman–Crippen MR) is 75.7 cm³/mol. The Morgan fingerprint density at radius 3 is 2.67 bits per heavy atom. The Balaban J connectivity index is 2.15. The molecule has 0 unspecified atom stereocenters. The molecule has 2 rings (SSSR count). The maximum Gasteiger partial charge on any atom is 0.250 e. The summed E-state index contributed by atoms with van der Waals surface area (Å²) in [6.07, 6.45) is 0. The van der Waals surface area contributed by atoms with Crippen molar-refractivity contribution in [1.29, 1.82) is 0 Å². The van der Waals surface area contributed by atoms with Gasteiger partial charge in [-0.2, -0.15) is 0 Å². The molecule has 0 atom stereocenters. The number of primary amides is 1. The summed E-state index contributed by atoms with van der Waals surface area (Å²) in [6, 6.07) is 5.26. The standard InChI is InChI=1S/C11H14BrN3O2S/c12-8-1-2-9(11(13)16)10(7-8)14-15-3-5-18(17)6-4-15/h1-2,7,14H,3-6H2,(H2,13,16). The molecule has 1 aromatic rings. The Morgan fingerprint density at radius 1 is 1.39 bits per heavy atom. The van der Waals surface area contributed by atoms with Crippen LogP contribution in [-0.2, 0) is 10.8 Å². The average Bonchev–Trinajstić information content (AvgIpc) is 2.32. The minimum Gasteiger partial charge on any atom is -0.366 e. The molecule has 1 aromatic carbocycles. The van der Waals surface area contributed by atoms with Crippen LogP contribution in [0.2, 0.25) is 0 Å². The van der Waals surface area contributed by atoms with Crippen LogP contribution in [0.4, 0.5) is 5.69 Å². The lowest BCUT2D eigenvalue weighted by molar-refractivity contribution is 0.100. The lowest BCUT2D eigenvalue weighted by Crippen LogP contribution is -2.41. The van der Waals surface area contributed by atoms with Crippen molar-refractivity contribution in [2.75, 3.05) is 30.0 Å². The van der Waals surface area contributed by atoms with Crippen molar-refractivity contribution >= 4 is 38.3 Å². The average molecular weight is 332 g/mol. The fourth-order valence-electron chi connectivity index (χ4n) is 1.74. The second-order valence-electron chi connectivity index (χ2n) is 4.00. The maximum absolute atomic E-state index is 11.3. The fraction of sp³-hybridized carbons (Fsp3) is 0.364. The minimum absolute atomic E-state index is 0.449. The number of carbonyl (C=O) groups excluding carboxylic acids is 1. The highest BCUT2D eigenvalue weighted by Gasteiger charge is 2.17. The first-order valence-corrected chi connectivity index (χ1v) is 7.80. The van der Waals surface area contributed by atoms with Crippen molar-refractivity contribution in [3.8, 4) is 0 Å². The number of nitrogens with one attached hydrogen (secondary N) is 1. The molecule has 1 aliphatic heterocycles. The number of hydrogen-bond donors (Lipinski definition) is 2. The number of nitrogens with zero attached hydrogens (tertiary/aromatic N) is 1. The molecule has 0 bridgehead atoms. The van der Waals surface area contributed by atoms with Crippen molar-refractivity contribution in [1.82, 2.24) is 5.01 Å². The number of halogens is 1. The van der Waals surface area contributed by atoms with E-state index in [4.69, 9.17) is 5.73 Å². The molecule has 0 radical (unpaired) electrons. The summed E-state index contributed by atoms with van der Waals surface area (Å²) >= 11 is 3.36. The first-order valence-electron chi connectivity index (χ1n) is 5.52. The quantitative estimate of drug-likeness (QED) is 0.864. The smallest absolute Gasteiger partial charge is 0.250 e. The number of rotatable bonds is 3. The van der Waals surface area contributed by atoms with Gasteiger partial charge in [-0.05, 0) is 18.2 Å². The number of benzene rings is 1. The Morgan fingerprint density at radius 2 is 2.06 bits per heavy atom. The van der Waals surface area contributed by atoms with E-state index in [1.807, 2.05) is 11.1 Å². The van der Waals surface area contributed by atoms with E-state index in [0.717, 1.165) is 4.47 Å². The van der Waals surface area contributed by atoms with Gasteiger partial charge in [0, 0.05) is 39.9 Å². The second kappa shape index (κ2) is 5.81. The first-order chi connectivity index (χ1) is 8.56. The third-order valence-electron chi connectivity index (χ3n) is 2.70. The van der Waals surface area contributed by atoms with E-state index in [2.05, 4.69) is 21.4 Å². The number of carbonyl (C=O) groups is 1. The van der Waals surface area contributed by atoms with Gasteiger partial charge in [0.1, 0.15) is 0 Å². The van der Waals surface area contributed by atoms with Gasteiger partial charge in [0.05, 0.1) is 11.3 Å². The molecular formula is C11H14BrN3O2S. The van der Waals surface area contributed by atoms with Crippen LogP contribution in [-0.4, -0.2) is 39.7 Å². The van der Waals surface area contributed by atoms with Gasteiger partial charge in [-0.1, -0.05) is 15.9 Å². The molecule has 1 aliphatic rings. The number of hydrazine groups is 1. The zero-order valence-corrected chi connectivity index (χ0v) is 12.1. The Hall–Kier alpha value is -0.920. The van der Waals surface area contributed by atoms with Crippen LogP contribution < -0.4 is 11.2 Å². The highest BCUT2D eigenvalue weighted by molar-refractivity contribution is 9.10. The van der Waals surface area contributed by atoms with E-state index in [1.54, 1.807) is 12.1 Å². The predicted octanol–water partition coefficient (Wildman–Crippen LogP) is 0.939. The van der Waals surface area contributed by atoms with Crippen molar-refractivity contribution < 1.29 is 9.00 Å². The van der Waals surface area contributed by atoms with Crippen LogP contribution in [0.15, 0.2) is 22.7 Å². The third kappa shape index (κ3) is 3.30. The Bertz CT molecular complexity index is 485. The molecule has 0 spiro atoms. The number of nitrogens with two attached hydrogens (primary N) is 1. The van der Waals surface area contributed by atoms with Crippen molar-refractivity contribution in [2.24, 2.45) is 5.73 Å². The molecule has 1 heterocycles. The van der Waals surface area contributed by atoms with Crippen LogP contribution in [0.5, 0.6) is 0 Å². The SMILES string of the molecule is NC(=O)c1ccc(Br)cc1NN1CCS(=O)CC1. The van der Waals surface area contributed by atoms with Crippen molar-refractivity contribution in [3.63, 3.8) is 0 Å². The van der Waals surface area contributed by atoms with Crippen molar-refractivity contribution in [2.45, 2.75) is 0 Å². The molecule has 0 aliphatic carbocycles. The van der Waals surface area contributed by atoms with E-state index in [0.29, 0.717) is 35.8 Å². The normalized spacial score (nSPS) is 17.6.